The summed E-state index contributed by atoms with van der Waals surface area (Å²) in [5.41, 5.74) is 5.29. The highest BCUT2D eigenvalue weighted by atomic mass is 16.2. The monoisotopic (exact) mass is 377 g/mol. The average molecular weight is 377 g/mol. The molecule has 1 aliphatic carbocycles. The highest BCUT2D eigenvalue weighted by Gasteiger charge is 2.30. The van der Waals surface area contributed by atoms with Crippen molar-refractivity contribution in [3.8, 4) is 0 Å². The Labute approximate surface area is 166 Å². The SMILES string of the molecule is Cc1ccc(C)c(CN2CCCN(c3ccc(NC(=O)C4CC4)cc3)C2=O)c1. The molecule has 0 spiro atoms. The maximum Gasteiger partial charge on any atom is 0.324 e. The van der Waals surface area contributed by atoms with Gasteiger partial charge in [0.05, 0.1) is 0 Å². The molecule has 1 N–H and O–H groups in total. The van der Waals surface area contributed by atoms with Crippen LogP contribution in [0.5, 0.6) is 0 Å². The molecular formula is C23H27N3O2. The van der Waals surface area contributed by atoms with Gasteiger partial charge in [-0.15, -0.1) is 0 Å². The summed E-state index contributed by atoms with van der Waals surface area (Å²) in [5.74, 6) is 0.281. The second-order valence-corrected chi connectivity index (χ2v) is 7.95. The fraction of sp³-hybridized carbons (Fsp3) is 0.391. The van der Waals surface area contributed by atoms with Gasteiger partial charge in [-0.1, -0.05) is 23.8 Å². The standard InChI is InChI=1S/C23H27N3O2/c1-16-4-5-17(2)19(14-16)15-25-12-3-13-26(23(25)28)21-10-8-20(9-11-21)24-22(27)18-6-7-18/h4-5,8-11,14,18H,3,6-7,12-13,15H2,1-2H3,(H,24,27). The number of hydrogen-bond acceptors (Lipinski definition) is 2. The van der Waals surface area contributed by atoms with Gasteiger partial charge in [-0.2, -0.15) is 0 Å². The van der Waals surface area contributed by atoms with E-state index in [-0.39, 0.29) is 17.9 Å². The minimum Gasteiger partial charge on any atom is -0.326 e. The summed E-state index contributed by atoms with van der Waals surface area (Å²) in [6.07, 6.45) is 2.92. The Balaban J connectivity index is 1.45. The predicted molar refractivity (Wildman–Crippen MR) is 111 cm³/mol. The molecule has 3 amide bonds. The van der Waals surface area contributed by atoms with Gasteiger partial charge in [-0.05, 0) is 68.5 Å². The highest BCUT2D eigenvalue weighted by Crippen LogP contribution is 2.30. The third-order valence-electron chi connectivity index (χ3n) is 5.57. The van der Waals surface area contributed by atoms with Crippen LogP contribution in [0.1, 0.15) is 36.0 Å². The van der Waals surface area contributed by atoms with Gasteiger partial charge in [0, 0.05) is 36.9 Å². The molecule has 1 aliphatic heterocycles. The molecule has 2 fully saturated rings. The first-order chi connectivity index (χ1) is 13.5. The van der Waals surface area contributed by atoms with Crippen molar-refractivity contribution < 1.29 is 9.59 Å². The molecule has 2 aliphatic rings. The Hall–Kier alpha value is -2.82. The number of carbonyl (C=O) groups is 2. The molecule has 146 valence electrons. The van der Waals surface area contributed by atoms with E-state index in [0.29, 0.717) is 6.54 Å². The van der Waals surface area contributed by atoms with Crippen LogP contribution in [0.2, 0.25) is 0 Å². The van der Waals surface area contributed by atoms with E-state index >= 15 is 0 Å². The summed E-state index contributed by atoms with van der Waals surface area (Å²) in [6, 6.07) is 14.0. The first kappa shape index (κ1) is 18.5. The van der Waals surface area contributed by atoms with Gasteiger partial charge >= 0.3 is 6.03 Å². The molecule has 4 rings (SSSR count). The molecule has 28 heavy (non-hydrogen) atoms. The zero-order chi connectivity index (χ0) is 19.7. The second-order valence-electron chi connectivity index (χ2n) is 7.95. The second kappa shape index (κ2) is 7.66. The van der Waals surface area contributed by atoms with E-state index in [2.05, 4.69) is 37.4 Å². The number of aryl methyl sites for hydroxylation is 2. The number of benzene rings is 2. The molecule has 0 aromatic heterocycles. The van der Waals surface area contributed by atoms with E-state index in [9.17, 15) is 9.59 Å². The fourth-order valence-electron chi connectivity index (χ4n) is 3.66. The molecule has 0 radical (unpaired) electrons. The Kier molecular flexibility index (Phi) is 5.07. The van der Waals surface area contributed by atoms with Crippen LogP contribution in [0.15, 0.2) is 42.5 Å². The number of nitrogens with zero attached hydrogens (tertiary/aromatic N) is 2. The lowest BCUT2D eigenvalue weighted by molar-refractivity contribution is -0.117. The average Bonchev–Trinajstić information content (AvgIpc) is 3.52. The number of rotatable bonds is 5. The lowest BCUT2D eigenvalue weighted by Gasteiger charge is -2.36. The molecule has 1 heterocycles. The minimum absolute atomic E-state index is 0.0434. The molecule has 0 unspecified atom stereocenters. The van der Waals surface area contributed by atoms with Gasteiger partial charge in [-0.3, -0.25) is 9.69 Å². The van der Waals surface area contributed by atoms with E-state index in [4.69, 9.17) is 0 Å². The van der Waals surface area contributed by atoms with Gasteiger partial charge in [0.25, 0.3) is 0 Å². The van der Waals surface area contributed by atoms with Crippen LogP contribution < -0.4 is 10.2 Å². The molecular weight excluding hydrogens is 350 g/mol. The van der Waals surface area contributed by atoms with Crippen molar-refractivity contribution in [2.24, 2.45) is 5.92 Å². The minimum atomic E-state index is 0.0434. The maximum atomic E-state index is 13.1. The topological polar surface area (TPSA) is 52.6 Å². The third kappa shape index (κ3) is 4.03. The van der Waals surface area contributed by atoms with Gasteiger partial charge < -0.3 is 10.2 Å². The van der Waals surface area contributed by atoms with Crippen LogP contribution in [0.25, 0.3) is 0 Å². The molecule has 5 heteroatoms. The van der Waals surface area contributed by atoms with Crippen LogP contribution in [0.3, 0.4) is 0 Å². The van der Waals surface area contributed by atoms with E-state index < -0.39 is 0 Å². The Morgan fingerprint density at radius 3 is 2.54 bits per heavy atom. The first-order valence-corrected chi connectivity index (χ1v) is 10.0. The van der Waals surface area contributed by atoms with Crippen molar-refractivity contribution >= 4 is 23.3 Å². The number of carbonyl (C=O) groups excluding carboxylic acids is 2. The lowest BCUT2D eigenvalue weighted by atomic mass is 10.0. The van der Waals surface area contributed by atoms with Crippen LogP contribution in [0, 0.1) is 19.8 Å². The zero-order valence-corrected chi connectivity index (χ0v) is 16.6. The van der Waals surface area contributed by atoms with Gasteiger partial charge in [-0.25, -0.2) is 4.79 Å². The summed E-state index contributed by atoms with van der Waals surface area (Å²) >= 11 is 0. The molecule has 0 atom stereocenters. The number of anilines is 2. The van der Waals surface area contributed by atoms with E-state index in [0.717, 1.165) is 43.7 Å². The summed E-state index contributed by atoms with van der Waals surface area (Å²) in [5, 5.41) is 2.95. The molecule has 5 nitrogen and oxygen atoms in total. The first-order valence-electron chi connectivity index (χ1n) is 10.0. The largest absolute Gasteiger partial charge is 0.326 e. The van der Waals surface area contributed by atoms with Gasteiger partial charge in [0.15, 0.2) is 0 Å². The summed E-state index contributed by atoms with van der Waals surface area (Å²) < 4.78 is 0. The molecule has 1 saturated carbocycles. The van der Waals surface area contributed by atoms with Crippen LogP contribution in [-0.2, 0) is 11.3 Å². The Bertz CT molecular complexity index is 887. The smallest absolute Gasteiger partial charge is 0.324 e. The highest BCUT2D eigenvalue weighted by molar-refractivity contribution is 5.95. The summed E-state index contributed by atoms with van der Waals surface area (Å²) in [7, 11) is 0. The Morgan fingerprint density at radius 1 is 1.07 bits per heavy atom. The van der Waals surface area contributed by atoms with Crippen molar-refractivity contribution in [3.05, 3.63) is 59.2 Å². The van der Waals surface area contributed by atoms with Crippen molar-refractivity contribution in [1.29, 1.82) is 0 Å². The van der Waals surface area contributed by atoms with Crippen molar-refractivity contribution in [3.63, 3.8) is 0 Å². The Morgan fingerprint density at radius 2 is 1.82 bits per heavy atom. The van der Waals surface area contributed by atoms with E-state index in [1.54, 1.807) is 0 Å². The molecule has 2 aromatic carbocycles. The van der Waals surface area contributed by atoms with Gasteiger partial charge in [0.2, 0.25) is 5.91 Å². The van der Waals surface area contributed by atoms with Gasteiger partial charge in [0.1, 0.15) is 0 Å². The normalized spacial score (nSPS) is 17.0. The van der Waals surface area contributed by atoms with Crippen LogP contribution in [-0.4, -0.2) is 29.9 Å². The van der Waals surface area contributed by atoms with Crippen molar-refractivity contribution in [1.82, 2.24) is 4.90 Å². The summed E-state index contributed by atoms with van der Waals surface area (Å²) in [6.45, 7) is 6.30. The maximum absolute atomic E-state index is 13.1. The number of amides is 3. The zero-order valence-electron chi connectivity index (χ0n) is 16.6. The predicted octanol–water partition coefficient (Wildman–Crippen LogP) is 4.48. The van der Waals surface area contributed by atoms with E-state index in [1.807, 2.05) is 34.1 Å². The molecule has 1 saturated heterocycles. The number of nitrogens with one attached hydrogen (secondary N) is 1. The summed E-state index contributed by atoms with van der Waals surface area (Å²) in [4.78, 5) is 28.7. The fourth-order valence-corrected chi connectivity index (χ4v) is 3.66. The third-order valence-corrected chi connectivity index (χ3v) is 5.57. The van der Waals surface area contributed by atoms with Crippen LogP contribution in [0.4, 0.5) is 16.2 Å². The quantitative estimate of drug-likeness (QED) is 0.835. The van der Waals surface area contributed by atoms with Crippen LogP contribution >= 0.6 is 0 Å². The number of urea groups is 1. The number of hydrogen-bond donors (Lipinski definition) is 1. The molecule has 0 bridgehead atoms. The van der Waals surface area contributed by atoms with Crippen molar-refractivity contribution in [2.75, 3.05) is 23.3 Å². The van der Waals surface area contributed by atoms with E-state index in [1.165, 1.54) is 16.7 Å². The molecule has 2 aromatic rings. The lowest BCUT2D eigenvalue weighted by Crippen LogP contribution is -2.49. The van der Waals surface area contributed by atoms with Crippen molar-refractivity contribution in [2.45, 2.75) is 39.7 Å².